The summed E-state index contributed by atoms with van der Waals surface area (Å²) in [5.74, 6) is -0.216. The Kier molecular flexibility index (Phi) is 6.32. The topological polar surface area (TPSA) is 68.6 Å². The molecular formula is C20H24N2O4S2. The molecular weight excluding hydrogens is 396 g/mol. The molecule has 0 aromatic carbocycles. The van der Waals surface area contributed by atoms with E-state index >= 15 is 0 Å². The summed E-state index contributed by atoms with van der Waals surface area (Å²) in [6, 6.07) is 1.93. The number of carbonyl (C=O) groups is 2. The lowest BCUT2D eigenvalue weighted by Gasteiger charge is -2.26. The van der Waals surface area contributed by atoms with E-state index in [-0.39, 0.29) is 23.8 Å². The predicted molar refractivity (Wildman–Crippen MR) is 112 cm³/mol. The molecule has 0 aliphatic carbocycles. The number of aromatic nitrogens is 1. The van der Waals surface area contributed by atoms with Gasteiger partial charge in [0.15, 0.2) is 5.78 Å². The van der Waals surface area contributed by atoms with Crippen LogP contribution in [0, 0.1) is 5.41 Å². The largest absolute Gasteiger partial charge is 0.378 e. The fourth-order valence-corrected chi connectivity index (χ4v) is 4.34. The van der Waals surface area contributed by atoms with E-state index in [4.69, 9.17) is 4.74 Å². The van der Waals surface area contributed by atoms with Gasteiger partial charge in [-0.15, -0.1) is 11.3 Å². The zero-order valence-electron chi connectivity index (χ0n) is 16.3. The molecule has 2 aromatic heterocycles. The molecule has 1 aliphatic heterocycles. The summed E-state index contributed by atoms with van der Waals surface area (Å²) < 4.78 is 7.73. The van der Waals surface area contributed by atoms with Crippen molar-refractivity contribution in [1.29, 1.82) is 0 Å². The fourth-order valence-electron chi connectivity index (χ4n) is 2.68. The third kappa shape index (κ3) is 4.87. The first-order valence-electron chi connectivity index (χ1n) is 9.11. The lowest BCUT2D eigenvalue weighted by atomic mass is 9.91. The number of ether oxygens (including phenoxy) is 1. The molecule has 3 heterocycles. The van der Waals surface area contributed by atoms with Crippen LogP contribution in [0.3, 0.4) is 0 Å². The van der Waals surface area contributed by atoms with E-state index in [9.17, 15) is 14.4 Å². The van der Waals surface area contributed by atoms with Gasteiger partial charge >= 0.3 is 0 Å². The van der Waals surface area contributed by atoms with Crippen LogP contribution in [-0.4, -0.2) is 47.5 Å². The van der Waals surface area contributed by atoms with Gasteiger partial charge < -0.3 is 9.64 Å². The quantitative estimate of drug-likeness (QED) is 0.742. The van der Waals surface area contributed by atoms with Crippen molar-refractivity contribution in [2.24, 2.45) is 5.41 Å². The Bertz CT molecular complexity index is 1020. The maximum Gasteiger partial charge on any atom is 0.269 e. The fraction of sp³-hybridized carbons (Fsp3) is 0.450. The molecule has 3 rings (SSSR count). The molecule has 0 spiro atoms. The normalized spacial score (nSPS) is 16.6. The highest BCUT2D eigenvalue weighted by molar-refractivity contribution is 7.08. The van der Waals surface area contributed by atoms with E-state index in [2.05, 4.69) is 0 Å². The smallest absolute Gasteiger partial charge is 0.269 e. The SMILES string of the molecule is CC(C)(C)C(=O)/C=c1\s/c(=C\c2ccsc2)c(=O)n1CC(=O)N1CCOCC1. The second-order valence-electron chi connectivity index (χ2n) is 7.65. The number of thiophene rings is 1. The number of amides is 1. The predicted octanol–water partition coefficient (Wildman–Crippen LogP) is 1.05. The number of morpholine rings is 1. The van der Waals surface area contributed by atoms with Gasteiger partial charge in [0.2, 0.25) is 5.91 Å². The van der Waals surface area contributed by atoms with Crippen LogP contribution in [0.25, 0.3) is 12.2 Å². The van der Waals surface area contributed by atoms with E-state index in [1.54, 1.807) is 22.3 Å². The molecule has 8 heteroatoms. The maximum absolute atomic E-state index is 13.0. The van der Waals surface area contributed by atoms with Crippen molar-refractivity contribution in [2.45, 2.75) is 27.3 Å². The van der Waals surface area contributed by atoms with E-state index in [0.717, 1.165) is 5.56 Å². The van der Waals surface area contributed by atoms with Crippen LogP contribution in [0.2, 0.25) is 0 Å². The summed E-state index contributed by atoms with van der Waals surface area (Å²) >= 11 is 2.79. The van der Waals surface area contributed by atoms with Crippen LogP contribution >= 0.6 is 22.7 Å². The van der Waals surface area contributed by atoms with Crippen LogP contribution in [0.4, 0.5) is 0 Å². The van der Waals surface area contributed by atoms with Crippen molar-refractivity contribution in [3.05, 3.63) is 41.9 Å². The van der Waals surface area contributed by atoms with Crippen molar-refractivity contribution in [2.75, 3.05) is 26.3 Å². The van der Waals surface area contributed by atoms with Gasteiger partial charge in [-0.2, -0.15) is 11.3 Å². The van der Waals surface area contributed by atoms with E-state index in [0.29, 0.717) is 35.5 Å². The second-order valence-corrected chi connectivity index (χ2v) is 9.49. The summed E-state index contributed by atoms with van der Waals surface area (Å²) in [5.41, 5.74) is 0.130. The third-order valence-electron chi connectivity index (χ3n) is 4.43. The van der Waals surface area contributed by atoms with Crippen molar-refractivity contribution in [1.82, 2.24) is 9.47 Å². The van der Waals surface area contributed by atoms with Crippen molar-refractivity contribution >= 4 is 46.5 Å². The van der Waals surface area contributed by atoms with Crippen LogP contribution in [-0.2, 0) is 20.9 Å². The first-order valence-corrected chi connectivity index (χ1v) is 10.9. The molecule has 0 saturated carbocycles. The minimum Gasteiger partial charge on any atom is -0.378 e. The minimum atomic E-state index is -0.559. The molecule has 0 atom stereocenters. The standard InChI is InChI=1S/C20H24N2O4S2/c1-20(2,3)16(23)11-18-22(12-17(24)21-5-7-26-8-6-21)19(25)15(28-18)10-14-4-9-27-13-14/h4,9-11,13H,5-8,12H2,1-3H3/b15-10-,18-11-. The second kappa shape index (κ2) is 8.55. The Morgan fingerprint density at radius 3 is 2.57 bits per heavy atom. The van der Waals surface area contributed by atoms with E-state index in [1.807, 2.05) is 37.6 Å². The maximum atomic E-state index is 13.0. The molecule has 0 N–H and O–H groups in total. The highest BCUT2D eigenvalue weighted by Crippen LogP contribution is 2.15. The average Bonchev–Trinajstić information content (AvgIpc) is 3.26. The van der Waals surface area contributed by atoms with Crippen LogP contribution in [0.5, 0.6) is 0 Å². The molecule has 0 bridgehead atoms. The monoisotopic (exact) mass is 420 g/mol. The Morgan fingerprint density at radius 2 is 1.96 bits per heavy atom. The number of hydrogen-bond donors (Lipinski definition) is 0. The molecule has 6 nitrogen and oxygen atoms in total. The number of Topliss-reactive ketones (excluding diaryl/α,β-unsaturated/α-hetero) is 1. The molecule has 1 aliphatic rings. The minimum absolute atomic E-state index is 0.0733. The molecule has 28 heavy (non-hydrogen) atoms. The van der Waals surface area contributed by atoms with Gasteiger partial charge in [-0.1, -0.05) is 20.8 Å². The molecule has 150 valence electrons. The molecule has 0 unspecified atom stereocenters. The van der Waals surface area contributed by atoms with Gasteiger partial charge in [-0.25, -0.2) is 0 Å². The summed E-state index contributed by atoms with van der Waals surface area (Å²) in [7, 11) is 0. The van der Waals surface area contributed by atoms with Crippen molar-refractivity contribution in [3.8, 4) is 0 Å². The number of nitrogens with zero attached hydrogens (tertiary/aromatic N) is 2. The Hall–Kier alpha value is -2.03. The Labute approximate surface area is 171 Å². The number of hydrogen-bond acceptors (Lipinski definition) is 6. The lowest BCUT2D eigenvalue weighted by Crippen LogP contribution is -2.45. The molecule has 1 amide bonds. The first-order chi connectivity index (χ1) is 13.3. The highest BCUT2D eigenvalue weighted by atomic mass is 32.1. The first kappa shape index (κ1) is 20.7. The van der Waals surface area contributed by atoms with Gasteiger partial charge in [0, 0.05) is 24.6 Å². The van der Waals surface area contributed by atoms with Gasteiger partial charge in [-0.3, -0.25) is 19.0 Å². The summed E-state index contributed by atoms with van der Waals surface area (Å²) in [6.07, 6.45) is 3.29. The highest BCUT2D eigenvalue weighted by Gasteiger charge is 2.21. The van der Waals surface area contributed by atoms with E-state index < -0.39 is 5.41 Å². The Balaban J connectivity index is 2.04. The molecule has 1 fully saturated rings. The summed E-state index contributed by atoms with van der Waals surface area (Å²) in [4.78, 5) is 39.9. The molecule has 2 aromatic rings. The van der Waals surface area contributed by atoms with Gasteiger partial charge in [0.1, 0.15) is 11.2 Å². The lowest BCUT2D eigenvalue weighted by molar-refractivity contribution is -0.136. The molecule has 0 radical (unpaired) electrons. The zero-order valence-corrected chi connectivity index (χ0v) is 17.9. The van der Waals surface area contributed by atoms with Gasteiger partial charge in [0.05, 0.1) is 17.7 Å². The van der Waals surface area contributed by atoms with Crippen molar-refractivity contribution < 1.29 is 14.3 Å². The van der Waals surface area contributed by atoms with Crippen LogP contribution in [0.15, 0.2) is 21.6 Å². The summed E-state index contributed by atoms with van der Waals surface area (Å²) in [5, 5.41) is 3.89. The summed E-state index contributed by atoms with van der Waals surface area (Å²) in [6.45, 7) is 7.47. The number of carbonyl (C=O) groups excluding carboxylic acids is 2. The number of thiazole rings is 1. The van der Waals surface area contributed by atoms with E-state index in [1.165, 1.54) is 22.0 Å². The van der Waals surface area contributed by atoms with Gasteiger partial charge in [-0.05, 0) is 28.5 Å². The van der Waals surface area contributed by atoms with Gasteiger partial charge in [0.25, 0.3) is 5.56 Å². The van der Waals surface area contributed by atoms with Crippen molar-refractivity contribution in [3.63, 3.8) is 0 Å². The molecule has 1 saturated heterocycles. The van der Waals surface area contributed by atoms with Crippen LogP contribution < -0.4 is 14.8 Å². The Morgan fingerprint density at radius 1 is 1.25 bits per heavy atom. The number of rotatable bonds is 4. The average molecular weight is 421 g/mol. The zero-order chi connectivity index (χ0) is 20.3. The third-order valence-corrected chi connectivity index (χ3v) is 6.19. The number of ketones is 1. The van der Waals surface area contributed by atoms with Crippen LogP contribution in [0.1, 0.15) is 26.3 Å².